The molecule has 0 aromatic heterocycles. The van der Waals surface area contributed by atoms with E-state index in [0.717, 1.165) is 6.04 Å². The van der Waals surface area contributed by atoms with Gasteiger partial charge in [-0.3, -0.25) is 0 Å². The molecule has 1 heteroatoms. The van der Waals surface area contributed by atoms with Gasteiger partial charge in [-0.15, -0.1) is 6.42 Å². The van der Waals surface area contributed by atoms with Gasteiger partial charge in [0.05, 0.1) is 6.04 Å². The summed E-state index contributed by atoms with van der Waals surface area (Å²) in [6.45, 7) is 2.07. The number of nitrogens with one attached hydrogen (secondary N) is 1. The van der Waals surface area contributed by atoms with Crippen molar-refractivity contribution in [3.05, 3.63) is 0 Å². The Morgan fingerprint density at radius 2 is 2.17 bits per heavy atom. The molecule has 1 N–H and O–H groups in total. The highest BCUT2D eigenvalue weighted by Gasteiger charge is 2.54. The van der Waals surface area contributed by atoms with Crippen molar-refractivity contribution >= 4 is 0 Å². The Labute approximate surface area is 74.9 Å². The molecule has 1 nitrogen and oxygen atoms in total. The summed E-state index contributed by atoms with van der Waals surface area (Å²) < 4.78 is 0. The van der Waals surface area contributed by atoms with Gasteiger partial charge in [-0.1, -0.05) is 18.8 Å². The molecule has 66 valence electrons. The van der Waals surface area contributed by atoms with Crippen molar-refractivity contribution in [2.45, 2.75) is 51.1 Å². The van der Waals surface area contributed by atoms with Crippen LogP contribution in [0.15, 0.2) is 0 Å². The van der Waals surface area contributed by atoms with Crippen LogP contribution in [0, 0.1) is 17.8 Å². The van der Waals surface area contributed by atoms with Crippen molar-refractivity contribution in [1.82, 2.24) is 5.32 Å². The molecule has 0 radical (unpaired) electrons. The van der Waals surface area contributed by atoms with Gasteiger partial charge in [-0.05, 0) is 31.6 Å². The maximum Gasteiger partial charge on any atom is 0.0660 e. The van der Waals surface area contributed by atoms with Crippen LogP contribution in [0.2, 0.25) is 0 Å². The van der Waals surface area contributed by atoms with E-state index in [2.05, 4.69) is 18.2 Å². The zero-order valence-corrected chi connectivity index (χ0v) is 7.77. The van der Waals surface area contributed by atoms with Gasteiger partial charge in [-0.25, -0.2) is 0 Å². The van der Waals surface area contributed by atoms with Crippen LogP contribution >= 0.6 is 0 Å². The largest absolute Gasteiger partial charge is 0.301 e. The molecule has 2 fully saturated rings. The Hall–Kier alpha value is -0.480. The molecule has 2 rings (SSSR count). The third-order valence-corrected chi connectivity index (χ3v) is 3.49. The van der Waals surface area contributed by atoms with E-state index in [0.29, 0.717) is 5.41 Å². The quantitative estimate of drug-likeness (QED) is 0.613. The molecule has 2 unspecified atom stereocenters. The molecule has 0 aliphatic heterocycles. The summed E-state index contributed by atoms with van der Waals surface area (Å²) in [6, 6.07) is 1.00. The third kappa shape index (κ3) is 1.25. The Kier molecular flexibility index (Phi) is 1.88. The first-order valence-electron chi connectivity index (χ1n) is 4.99. The SMILES string of the molecule is C#CC(C)NC1CC12CCCC2. The molecule has 1 spiro atoms. The molecular weight excluding hydrogens is 146 g/mol. The first-order chi connectivity index (χ1) is 5.77. The summed E-state index contributed by atoms with van der Waals surface area (Å²) in [5.74, 6) is 2.73. The van der Waals surface area contributed by atoms with Gasteiger partial charge in [-0.2, -0.15) is 0 Å². The van der Waals surface area contributed by atoms with E-state index in [4.69, 9.17) is 6.42 Å². The lowest BCUT2D eigenvalue weighted by atomic mass is 10.1. The lowest BCUT2D eigenvalue weighted by molar-refractivity contribution is 0.460. The van der Waals surface area contributed by atoms with Crippen LogP contribution < -0.4 is 5.32 Å². The predicted octanol–water partition coefficient (Wildman–Crippen LogP) is 1.93. The zero-order chi connectivity index (χ0) is 8.60. The number of rotatable bonds is 2. The van der Waals surface area contributed by atoms with Gasteiger partial charge in [0.1, 0.15) is 0 Å². The number of hydrogen-bond donors (Lipinski definition) is 1. The second kappa shape index (κ2) is 2.78. The van der Waals surface area contributed by atoms with Crippen molar-refractivity contribution < 1.29 is 0 Å². The highest BCUT2D eigenvalue weighted by Crippen LogP contribution is 2.57. The minimum atomic E-state index is 0.259. The lowest BCUT2D eigenvalue weighted by Crippen LogP contribution is -2.29. The number of terminal acetylenes is 1. The van der Waals surface area contributed by atoms with Gasteiger partial charge in [0.2, 0.25) is 0 Å². The molecule has 0 amide bonds. The van der Waals surface area contributed by atoms with E-state index in [1.807, 2.05) is 0 Å². The Morgan fingerprint density at radius 3 is 2.75 bits per heavy atom. The van der Waals surface area contributed by atoms with Gasteiger partial charge < -0.3 is 5.32 Å². The second-order valence-electron chi connectivity index (χ2n) is 4.38. The van der Waals surface area contributed by atoms with E-state index in [-0.39, 0.29) is 6.04 Å². The predicted molar refractivity (Wildman–Crippen MR) is 50.7 cm³/mol. The van der Waals surface area contributed by atoms with Crippen LogP contribution in [-0.2, 0) is 0 Å². The van der Waals surface area contributed by atoms with Crippen molar-refractivity contribution in [3.8, 4) is 12.3 Å². The average Bonchev–Trinajstić information content (AvgIpc) is 2.51. The first-order valence-corrected chi connectivity index (χ1v) is 4.99. The summed E-state index contributed by atoms with van der Waals surface area (Å²) >= 11 is 0. The van der Waals surface area contributed by atoms with Crippen LogP contribution in [0.1, 0.15) is 39.0 Å². The van der Waals surface area contributed by atoms with Crippen molar-refractivity contribution in [2.75, 3.05) is 0 Å². The first kappa shape index (κ1) is 8.13. The molecule has 0 saturated heterocycles. The highest BCUT2D eigenvalue weighted by molar-refractivity contribution is 5.12. The van der Waals surface area contributed by atoms with E-state index >= 15 is 0 Å². The van der Waals surface area contributed by atoms with E-state index in [9.17, 15) is 0 Å². The smallest absolute Gasteiger partial charge is 0.0660 e. The molecule has 0 aromatic rings. The molecule has 2 aliphatic rings. The minimum Gasteiger partial charge on any atom is -0.301 e. The Balaban J connectivity index is 1.84. The van der Waals surface area contributed by atoms with Crippen LogP contribution in [0.3, 0.4) is 0 Å². The van der Waals surface area contributed by atoms with Gasteiger partial charge in [0.15, 0.2) is 0 Å². The van der Waals surface area contributed by atoms with Gasteiger partial charge >= 0.3 is 0 Å². The summed E-state index contributed by atoms with van der Waals surface area (Å²) in [4.78, 5) is 0. The van der Waals surface area contributed by atoms with Gasteiger partial charge in [0.25, 0.3) is 0 Å². The van der Waals surface area contributed by atoms with E-state index in [1.54, 1.807) is 0 Å². The fourth-order valence-electron chi connectivity index (χ4n) is 2.56. The Bertz CT molecular complexity index is 208. The minimum absolute atomic E-state index is 0.259. The molecule has 0 bridgehead atoms. The maximum atomic E-state index is 5.32. The molecule has 2 atom stereocenters. The highest BCUT2D eigenvalue weighted by atomic mass is 15.0. The van der Waals surface area contributed by atoms with Crippen LogP contribution in [-0.4, -0.2) is 12.1 Å². The fraction of sp³-hybridized carbons (Fsp3) is 0.818. The molecule has 0 heterocycles. The average molecular weight is 163 g/mol. The van der Waals surface area contributed by atoms with Crippen molar-refractivity contribution in [1.29, 1.82) is 0 Å². The second-order valence-corrected chi connectivity index (χ2v) is 4.38. The molecular formula is C11H17N. The molecule has 12 heavy (non-hydrogen) atoms. The molecule has 0 aromatic carbocycles. The molecule has 2 aliphatic carbocycles. The normalized spacial score (nSPS) is 33.2. The fourth-order valence-corrected chi connectivity index (χ4v) is 2.56. The summed E-state index contributed by atoms with van der Waals surface area (Å²) in [5.41, 5.74) is 0.686. The van der Waals surface area contributed by atoms with Crippen molar-refractivity contribution in [2.24, 2.45) is 5.41 Å². The van der Waals surface area contributed by atoms with Crippen molar-refractivity contribution in [3.63, 3.8) is 0 Å². The van der Waals surface area contributed by atoms with Gasteiger partial charge in [0, 0.05) is 6.04 Å². The lowest BCUT2D eigenvalue weighted by Gasteiger charge is -2.11. The summed E-state index contributed by atoms with van der Waals surface area (Å²) in [7, 11) is 0. The van der Waals surface area contributed by atoms with Crippen LogP contribution in [0.4, 0.5) is 0 Å². The third-order valence-electron chi connectivity index (χ3n) is 3.49. The van der Waals surface area contributed by atoms with Crippen LogP contribution in [0.25, 0.3) is 0 Å². The Morgan fingerprint density at radius 1 is 1.50 bits per heavy atom. The van der Waals surface area contributed by atoms with E-state index in [1.165, 1.54) is 32.1 Å². The maximum absolute atomic E-state index is 5.32. The van der Waals surface area contributed by atoms with E-state index < -0.39 is 0 Å². The summed E-state index contributed by atoms with van der Waals surface area (Å²) in [5, 5.41) is 3.50. The zero-order valence-electron chi connectivity index (χ0n) is 7.77. The number of hydrogen-bond acceptors (Lipinski definition) is 1. The standard InChI is InChI=1S/C11H17N/c1-3-9(2)12-10-8-11(10)6-4-5-7-11/h1,9-10,12H,4-8H2,2H3. The molecule has 2 saturated carbocycles. The monoisotopic (exact) mass is 163 g/mol. The topological polar surface area (TPSA) is 12.0 Å². The summed E-state index contributed by atoms with van der Waals surface area (Å²) in [6.07, 6.45) is 12.4. The van der Waals surface area contributed by atoms with Crippen LogP contribution in [0.5, 0.6) is 0 Å².